The Kier molecular flexibility index (Phi) is 6.69. The van der Waals surface area contributed by atoms with Crippen LogP contribution in [0.5, 0.6) is 0 Å². The van der Waals surface area contributed by atoms with E-state index in [1.807, 2.05) is 12.3 Å². The highest BCUT2D eigenvalue weighted by molar-refractivity contribution is 6.28. The molecule has 0 amide bonds. The molecule has 12 rings (SSSR count). The van der Waals surface area contributed by atoms with E-state index in [9.17, 15) is 0 Å². The minimum absolute atomic E-state index is 0.614. The summed E-state index contributed by atoms with van der Waals surface area (Å²) in [4.78, 5) is 15.4. The van der Waals surface area contributed by atoms with Gasteiger partial charge in [-0.15, -0.1) is 0 Å². The molecule has 1 aliphatic carbocycles. The summed E-state index contributed by atoms with van der Waals surface area (Å²) in [6.07, 6.45) is 10.5. The molecule has 4 aromatic heterocycles. The van der Waals surface area contributed by atoms with Gasteiger partial charge in [-0.3, -0.25) is 4.57 Å². The van der Waals surface area contributed by atoms with E-state index in [2.05, 4.69) is 173 Å². The first-order chi connectivity index (χ1) is 27.8. The van der Waals surface area contributed by atoms with E-state index in [4.69, 9.17) is 15.0 Å². The SMILES string of the molecule is C1=CC(c2nc(-n3c4ccccc4c4c5ccccc5c(-c5cc6c(c7ccccc57)c5ccccc5n6-c5ccccc5)cc43)nc3ncccc23)=CCC1. The molecule has 0 N–H and O–H groups in total. The number of aromatic nitrogens is 5. The van der Waals surface area contributed by atoms with Crippen molar-refractivity contribution < 1.29 is 0 Å². The van der Waals surface area contributed by atoms with Crippen LogP contribution in [0.15, 0.2) is 176 Å². The second kappa shape index (κ2) is 12.1. The Morgan fingerprint density at radius 2 is 1.00 bits per heavy atom. The molecule has 0 radical (unpaired) electrons. The Morgan fingerprint density at radius 3 is 1.64 bits per heavy atom. The van der Waals surface area contributed by atoms with E-state index in [0.29, 0.717) is 11.6 Å². The predicted molar refractivity (Wildman–Crippen MR) is 233 cm³/mol. The summed E-state index contributed by atoms with van der Waals surface area (Å²) in [5.74, 6) is 0.614. The lowest BCUT2D eigenvalue weighted by atomic mass is 9.90. The Bertz CT molecular complexity index is 3480. The third-order valence-electron chi connectivity index (χ3n) is 11.6. The average molecular weight is 716 g/mol. The molecular formula is C51H33N5. The third kappa shape index (κ3) is 4.45. The van der Waals surface area contributed by atoms with Crippen molar-refractivity contribution in [2.45, 2.75) is 12.8 Å². The summed E-state index contributed by atoms with van der Waals surface area (Å²) in [5.41, 5.74) is 10.7. The lowest BCUT2D eigenvalue weighted by Crippen LogP contribution is -2.06. The molecule has 0 fully saturated rings. The highest BCUT2D eigenvalue weighted by Gasteiger charge is 2.23. The zero-order chi connectivity index (χ0) is 36.7. The lowest BCUT2D eigenvalue weighted by molar-refractivity contribution is 0.988. The van der Waals surface area contributed by atoms with Gasteiger partial charge in [-0.2, -0.15) is 4.98 Å². The maximum atomic E-state index is 5.40. The number of pyridine rings is 1. The molecule has 7 aromatic carbocycles. The standard InChI is InChI=1S/C51H33N5/c1-3-16-32(17-4-1)49-40-26-15-29-52-50(40)54-51(53-49)56-44-28-14-12-25-39(44)48-37-23-10-8-21-35(37)42(31-46(48)56)41-30-45-47(36-22-9-7-20-34(36)41)38-24-11-13-27-43(38)55(45)33-18-5-2-6-19-33/h2-3,5-31H,1,4H2. The second-order valence-corrected chi connectivity index (χ2v) is 14.7. The second-order valence-electron chi connectivity index (χ2n) is 14.7. The van der Waals surface area contributed by atoms with Gasteiger partial charge in [-0.25, -0.2) is 9.97 Å². The summed E-state index contributed by atoms with van der Waals surface area (Å²) in [5, 5.41) is 10.7. The van der Waals surface area contributed by atoms with Gasteiger partial charge >= 0.3 is 0 Å². The van der Waals surface area contributed by atoms with Crippen molar-refractivity contribution in [3.05, 3.63) is 182 Å². The number of fused-ring (bicyclic) bond motifs is 11. The molecule has 5 nitrogen and oxygen atoms in total. The average Bonchev–Trinajstić information content (AvgIpc) is 3.79. The molecule has 1 aliphatic rings. The van der Waals surface area contributed by atoms with Gasteiger partial charge in [-0.1, -0.05) is 121 Å². The van der Waals surface area contributed by atoms with Crippen molar-refractivity contribution in [2.24, 2.45) is 0 Å². The third-order valence-corrected chi connectivity index (χ3v) is 11.6. The maximum absolute atomic E-state index is 5.40. The molecular weight excluding hydrogens is 683 g/mol. The van der Waals surface area contributed by atoms with Crippen molar-refractivity contribution in [3.63, 3.8) is 0 Å². The molecule has 11 aromatic rings. The van der Waals surface area contributed by atoms with Gasteiger partial charge in [0.25, 0.3) is 0 Å². The van der Waals surface area contributed by atoms with Crippen LogP contribution in [0, 0.1) is 0 Å². The molecule has 4 heterocycles. The fourth-order valence-electron chi connectivity index (χ4n) is 9.24. The Morgan fingerprint density at radius 1 is 0.446 bits per heavy atom. The Labute approximate surface area is 322 Å². The van der Waals surface area contributed by atoms with Crippen LogP contribution in [0.4, 0.5) is 0 Å². The zero-order valence-corrected chi connectivity index (χ0v) is 30.4. The molecule has 56 heavy (non-hydrogen) atoms. The molecule has 262 valence electrons. The van der Waals surface area contributed by atoms with Crippen molar-refractivity contribution in [2.75, 3.05) is 0 Å². The fourth-order valence-corrected chi connectivity index (χ4v) is 9.24. The van der Waals surface area contributed by atoms with Crippen molar-refractivity contribution in [1.29, 1.82) is 0 Å². The fraction of sp³-hybridized carbons (Fsp3) is 0.0392. The number of hydrogen-bond donors (Lipinski definition) is 0. The van der Waals surface area contributed by atoms with E-state index in [1.165, 1.54) is 54.3 Å². The van der Waals surface area contributed by atoms with E-state index >= 15 is 0 Å². The number of allylic oxidation sites excluding steroid dienone is 4. The number of benzene rings is 7. The largest absolute Gasteiger partial charge is 0.309 e. The highest BCUT2D eigenvalue weighted by atomic mass is 15.2. The number of hydrogen-bond acceptors (Lipinski definition) is 3. The van der Waals surface area contributed by atoms with Crippen LogP contribution >= 0.6 is 0 Å². The molecule has 5 heteroatoms. The Balaban J connectivity index is 1.23. The maximum Gasteiger partial charge on any atom is 0.237 e. The molecule has 0 bridgehead atoms. The van der Waals surface area contributed by atoms with Crippen molar-refractivity contribution in [1.82, 2.24) is 24.1 Å². The quantitative estimate of drug-likeness (QED) is 0.182. The predicted octanol–water partition coefficient (Wildman–Crippen LogP) is 12.9. The highest BCUT2D eigenvalue weighted by Crippen LogP contribution is 2.46. The normalized spacial score (nSPS) is 13.2. The number of nitrogens with zero attached hydrogens (tertiary/aromatic N) is 5. The minimum Gasteiger partial charge on any atom is -0.309 e. The molecule has 0 unspecified atom stereocenters. The van der Waals surface area contributed by atoms with Crippen LogP contribution in [0.1, 0.15) is 18.5 Å². The molecule has 0 atom stereocenters. The van der Waals surface area contributed by atoms with E-state index < -0.39 is 0 Å². The smallest absolute Gasteiger partial charge is 0.237 e. The zero-order valence-electron chi connectivity index (χ0n) is 30.4. The van der Waals surface area contributed by atoms with Gasteiger partial charge in [-0.05, 0) is 99.6 Å². The summed E-state index contributed by atoms with van der Waals surface area (Å²) in [6, 6.07) is 54.8. The topological polar surface area (TPSA) is 48.5 Å². The summed E-state index contributed by atoms with van der Waals surface area (Å²) in [6.45, 7) is 0. The van der Waals surface area contributed by atoms with E-state index in [-0.39, 0.29) is 0 Å². The van der Waals surface area contributed by atoms with Crippen LogP contribution in [-0.4, -0.2) is 24.1 Å². The van der Waals surface area contributed by atoms with Crippen molar-refractivity contribution in [3.8, 4) is 22.8 Å². The van der Waals surface area contributed by atoms with Crippen LogP contribution in [0.3, 0.4) is 0 Å². The summed E-state index contributed by atoms with van der Waals surface area (Å²) in [7, 11) is 0. The van der Waals surface area contributed by atoms with Gasteiger partial charge < -0.3 is 4.57 Å². The molecule has 0 spiro atoms. The molecule has 0 saturated carbocycles. The monoisotopic (exact) mass is 715 g/mol. The van der Waals surface area contributed by atoms with E-state index in [1.54, 1.807) is 0 Å². The summed E-state index contributed by atoms with van der Waals surface area (Å²) < 4.78 is 4.68. The van der Waals surface area contributed by atoms with Gasteiger partial charge in [0.05, 0.1) is 27.8 Å². The number of rotatable bonds is 4. The first-order valence-corrected chi connectivity index (χ1v) is 19.3. The van der Waals surface area contributed by atoms with Gasteiger partial charge in [0.2, 0.25) is 5.95 Å². The molecule has 0 saturated heterocycles. The van der Waals surface area contributed by atoms with Crippen molar-refractivity contribution >= 4 is 81.8 Å². The van der Waals surface area contributed by atoms with Gasteiger partial charge in [0.1, 0.15) is 0 Å². The van der Waals surface area contributed by atoms with Crippen LogP contribution < -0.4 is 0 Å². The minimum atomic E-state index is 0.614. The summed E-state index contributed by atoms with van der Waals surface area (Å²) >= 11 is 0. The van der Waals surface area contributed by atoms with Crippen LogP contribution in [0.2, 0.25) is 0 Å². The first-order valence-electron chi connectivity index (χ1n) is 19.3. The lowest BCUT2D eigenvalue weighted by Gasteiger charge is -2.16. The van der Waals surface area contributed by atoms with E-state index in [0.717, 1.165) is 57.2 Å². The van der Waals surface area contributed by atoms with Gasteiger partial charge in [0, 0.05) is 38.8 Å². The van der Waals surface area contributed by atoms with Gasteiger partial charge in [0.15, 0.2) is 5.65 Å². The van der Waals surface area contributed by atoms with Crippen LogP contribution in [0.25, 0.3) is 105 Å². The number of para-hydroxylation sites is 3. The molecule has 0 aliphatic heterocycles. The van der Waals surface area contributed by atoms with Crippen LogP contribution in [-0.2, 0) is 0 Å². The first kappa shape index (κ1) is 31.0. The Hall–Kier alpha value is -7.37.